The normalized spacial score (nSPS) is 10.9. The van der Waals surface area contributed by atoms with Crippen LogP contribution in [0.15, 0.2) is 66.7 Å². The van der Waals surface area contributed by atoms with Crippen LogP contribution in [0.2, 0.25) is 0 Å². The maximum Gasteiger partial charge on any atom is 0.235 e. The lowest BCUT2D eigenvalue weighted by Gasteiger charge is -2.09. The van der Waals surface area contributed by atoms with Crippen LogP contribution in [0.3, 0.4) is 0 Å². The van der Waals surface area contributed by atoms with Crippen molar-refractivity contribution in [1.82, 2.24) is 14.6 Å². The summed E-state index contributed by atoms with van der Waals surface area (Å²) in [6.45, 7) is 4.97. The third kappa shape index (κ3) is 3.24. The first-order valence-electron chi connectivity index (χ1n) is 9.12. The molecule has 0 aliphatic rings. The molecule has 0 atom stereocenters. The highest BCUT2D eigenvalue weighted by Gasteiger charge is 2.20. The second kappa shape index (κ2) is 7.50. The Bertz CT molecular complexity index is 1040. The lowest BCUT2D eigenvalue weighted by molar-refractivity contribution is 0.309. The number of fused-ring (bicyclic) bond motifs is 1. The summed E-state index contributed by atoms with van der Waals surface area (Å²) in [5.74, 6) is 1.18. The number of hydrogen-bond donors (Lipinski definition) is 0. The highest BCUT2D eigenvalue weighted by molar-refractivity contribution is 5.83. The van der Waals surface area contributed by atoms with Gasteiger partial charge in [0.2, 0.25) is 5.88 Å². The molecule has 0 saturated heterocycles. The molecule has 27 heavy (non-hydrogen) atoms. The molecule has 2 aromatic heterocycles. The van der Waals surface area contributed by atoms with Crippen molar-refractivity contribution in [3.63, 3.8) is 0 Å². The van der Waals surface area contributed by atoms with Gasteiger partial charge in [-0.15, -0.1) is 5.10 Å². The zero-order chi connectivity index (χ0) is 18.6. The summed E-state index contributed by atoms with van der Waals surface area (Å²) in [4.78, 5) is 4.90. The van der Waals surface area contributed by atoms with E-state index in [4.69, 9.17) is 14.5 Å². The molecule has 0 amide bonds. The third-order valence-electron chi connectivity index (χ3n) is 4.21. The van der Waals surface area contributed by atoms with Gasteiger partial charge in [0, 0.05) is 17.2 Å². The first-order valence-corrected chi connectivity index (χ1v) is 9.12. The van der Waals surface area contributed by atoms with Crippen molar-refractivity contribution >= 4 is 5.65 Å². The number of ether oxygens (including phenoxy) is 2. The lowest BCUT2D eigenvalue weighted by Crippen LogP contribution is -2.03. The van der Waals surface area contributed by atoms with E-state index in [0.717, 1.165) is 22.5 Å². The van der Waals surface area contributed by atoms with Gasteiger partial charge in [-0.3, -0.25) is 0 Å². The molecular weight excluding hydrogens is 338 g/mol. The predicted molar refractivity (Wildman–Crippen MR) is 106 cm³/mol. The molecule has 0 aliphatic heterocycles. The quantitative estimate of drug-likeness (QED) is 0.493. The predicted octanol–water partition coefficient (Wildman–Crippen LogP) is 4.86. The fraction of sp³-hybridized carbons (Fsp3) is 0.182. The molecular formula is C22H21N3O2. The summed E-state index contributed by atoms with van der Waals surface area (Å²) in [6, 6.07) is 22.1. The molecule has 4 rings (SSSR count). The fourth-order valence-electron chi connectivity index (χ4n) is 3.11. The number of hydrogen-bond acceptors (Lipinski definition) is 4. The van der Waals surface area contributed by atoms with Gasteiger partial charge in [-0.2, -0.15) is 0 Å². The Balaban J connectivity index is 2.06. The number of imidazole rings is 1. The summed E-state index contributed by atoms with van der Waals surface area (Å²) >= 11 is 0. The van der Waals surface area contributed by atoms with Crippen molar-refractivity contribution < 1.29 is 9.47 Å². The minimum Gasteiger partial charge on any atom is -0.490 e. The second-order valence-corrected chi connectivity index (χ2v) is 5.99. The molecule has 0 saturated carbocycles. The molecule has 5 heteroatoms. The molecule has 0 unspecified atom stereocenters. The molecule has 0 bridgehead atoms. The van der Waals surface area contributed by atoms with E-state index in [1.165, 1.54) is 0 Å². The van der Waals surface area contributed by atoms with Crippen LogP contribution >= 0.6 is 0 Å². The van der Waals surface area contributed by atoms with Gasteiger partial charge in [-0.05, 0) is 13.8 Å². The van der Waals surface area contributed by atoms with Crippen molar-refractivity contribution in [2.45, 2.75) is 13.8 Å². The minimum absolute atomic E-state index is 0.516. The van der Waals surface area contributed by atoms with E-state index >= 15 is 0 Å². The molecule has 2 heterocycles. The summed E-state index contributed by atoms with van der Waals surface area (Å²) in [7, 11) is 0. The van der Waals surface area contributed by atoms with E-state index in [2.05, 4.69) is 29.4 Å². The maximum absolute atomic E-state index is 5.84. The summed E-state index contributed by atoms with van der Waals surface area (Å²) in [5, 5.41) is 4.68. The average Bonchev–Trinajstić information content (AvgIpc) is 3.09. The van der Waals surface area contributed by atoms with Crippen molar-refractivity contribution in [2.75, 3.05) is 13.2 Å². The van der Waals surface area contributed by atoms with E-state index in [1.54, 1.807) is 6.07 Å². The van der Waals surface area contributed by atoms with Crippen LogP contribution < -0.4 is 9.47 Å². The van der Waals surface area contributed by atoms with Crippen molar-refractivity contribution in [3.8, 4) is 34.1 Å². The van der Waals surface area contributed by atoms with Crippen LogP contribution in [0, 0.1) is 0 Å². The van der Waals surface area contributed by atoms with Crippen LogP contribution in [0.4, 0.5) is 0 Å². The molecule has 136 valence electrons. The lowest BCUT2D eigenvalue weighted by atomic mass is 10.1. The Labute approximate surface area is 158 Å². The monoisotopic (exact) mass is 359 g/mol. The largest absolute Gasteiger partial charge is 0.490 e. The molecule has 0 spiro atoms. The van der Waals surface area contributed by atoms with Crippen LogP contribution in [0.1, 0.15) is 13.8 Å². The number of aromatic nitrogens is 3. The third-order valence-corrected chi connectivity index (χ3v) is 4.21. The standard InChI is InChI=1S/C22H21N3O2/c1-3-26-18-15-19(27-4-2)24-25-21(17-13-9-6-10-14-17)20(23-22(18)25)16-11-7-5-8-12-16/h5-15H,3-4H2,1-2H3. The topological polar surface area (TPSA) is 48.7 Å². The SMILES string of the molecule is CCOc1cc(OCC)c2nc(-c3ccccc3)c(-c3ccccc3)n2n1. The second-order valence-electron chi connectivity index (χ2n) is 5.99. The van der Waals surface area contributed by atoms with Gasteiger partial charge in [0.1, 0.15) is 5.69 Å². The number of benzene rings is 2. The summed E-state index contributed by atoms with van der Waals surface area (Å²) in [6.07, 6.45) is 0. The smallest absolute Gasteiger partial charge is 0.235 e. The van der Waals surface area contributed by atoms with Gasteiger partial charge in [0.25, 0.3) is 0 Å². The molecule has 2 aromatic carbocycles. The molecule has 5 nitrogen and oxygen atoms in total. The van der Waals surface area contributed by atoms with Crippen LogP contribution in [0.25, 0.3) is 28.2 Å². The Morgan fingerprint density at radius 3 is 2.07 bits per heavy atom. The van der Waals surface area contributed by atoms with Gasteiger partial charge in [0.15, 0.2) is 11.4 Å². The summed E-state index contributed by atoms with van der Waals surface area (Å²) < 4.78 is 13.3. The van der Waals surface area contributed by atoms with E-state index in [9.17, 15) is 0 Å². The van der Waals surface area contributed by atoms with Crippen LogP contribution in [0.5, 0.6) is 11.6 Å². The molecule has 0 radical (unpaired) electrons. The highest BCUT2D eigenvalue weighted by Crippen LogP contribution is 2.35. The van der Waals surface area contributed by atoms with Crippen molar-refractivity contribution in [3.05, 3.63) is 66.7 Å². The van der Waals surface area contributed by atoms with Gasteiger partial charge >= 0.3 is 0 Å². The Hall–Kier alpha value is -3.34. The molecule has 0 fully saturated rings. The Morgan fingerprint density at radius 1 is 0.815 bits per heavy atom. The molecule has 0 N–H and O–H groups in total. The molecule has 0 aliphatic carbocycles. The molecule has 4 aromatic rings. The van der Waals surface area contributed by atoms with Gasteiger partial charge in [-0.25, -0.2) is 9.50 Å². The first kappa shape index (κ1) is 17.1. The highest BCUT2D eigenvalue weighted by atomic mass is 16.5. The Morgan fingerprint density at radius 2 is 1.44 bits per heavy atom. The van der Waals surface area contributed by atoms with Gasteiger partial charge in [0.05, 0.1) is 18.9 Å². The van der Waals surface area contributed by atoms with Crippen molar-refractivity contribution in [1.29, 1.82) is 0 Å². The van der Waals surface area contributed by atoms with Crippen LogP contribution in [-0.4, -0.2) is 27.8 Å². The summed E-state index contributed by atoms with van der Waals surface area (Å²) in [5.41, 5.74) is 4.52. The first-order chi connectivity index (χ1) is 13.3. The fourth-order valence-corrected chi connectivity index (χ4v) is 3.11. The number of nitrogens with zero attached hydrogens (tertiary/aromatic N) is 3. The van der Waals surface area contributed by atoms with Crippen molar-refractivity contribution in [2.24, 2.45) is 0 Å². The average molecular weight is 359 g/mol. The van der Waals surface area contributed by atoms with E-state index in [1.807, 2.05) is 54.8 Å². The zero-order valence-corrected chi connectivity index (χ0v) is 15.4. The maximum atomic E-state index is 5.84. The Kier molecular flexibility index (Phi) is 4.75. The minimum atomic E-state index is 0.516. The van der Waals surface area contributed by atoms with Gasteiger partial charge in [-0.1, -0.05) is 60.7 Å². The zero-order valence-electron chi connectivity index (χ0n) is 15.4. The number of rotatable bonds is 6. The van der Waals surface area contributed by atoms with E-state index in [0.29, 0.717) is 30.5 Å². The van der Waals surface area contributed by atoms with Gasteiger partial charge < -0.3 is 9.47 Å². The van der Waals surface area contributed by atoms with Crippen LogP contribution in [-0.2, 0) is 0 Å². The van der Waals surface area contributed by atoms with E-state index in [-0.39, 0.29) is 0 Å². The van der Waals surface area contributed by atoms with E-state index < -0.39 is 0 Å².